The van der Waals surface area contributed by atoms with Crippen LogP contribution in [0, 0.1) is 0 Å². The van der Waals surface area contributed by atoms with Crippen LogP contribution in [0.3, 0.4) is 0 Å². The molecule has 0 aromatic heterocycles. The van der Waals surface area contributed by atoms with E-state index in [4.69, 9.17) is 4.74 Å². The molecule has 0 aliphatic heterocycles. The summed E-state index contributed by atoms with van der Waals surface area (Å²) >= 11 is 1.50. The van der Waals surface area contributed by atoms with Crippen LogP contribution in [0.5, 0.6) is 5.75 Å². The van der Waals surface area contributed by atoms with Crippen LogP contribution in [-0.4, -0.2) is 23.7 Å². The molecule has 2 amide bonds. The van der Waals surface area contributed by atoms with Gasteiger partial charge in [0.15, 0.2) is 0 Å². The highest BCUT2D eigenvalue weighted by atomic mass is 32.2. The van der Waals surface area contributed by atoms with Gasteiger partial charge in [-0.2, -0.15) is 0 Å². The number of benzene rings is 2. The van der Waals surface area contributed by atoms with E-state index in [0.29, 0.717) is 19.4 Å². The second kappa shape index (κ2) is 13.8. The smallest absolute Gasteiger partial charge is 0.237 e. The molecule has 5 nitrogen and oxygen atoms in total. The number of rotatable bonds is 13. The Hall–Kier alpha value is -2.47. The Kier molecular flexibility index (Phi) is 11.0. The molecule has 168 valence electrons. The van der Waals surface area contributed by atoms with Crippen molar-refractivity contribution < 1.29 is 14.3 Å². The zero-order valence-electron chi connectivity index (χ0n) is 18.8. The van der Waals surface area contributed by atoms with Gasteiger partial charge in [0, 0.05) is 22.7 Å². The molecule has 0 fully saturated rings. The number of hydrogen-bond donors (Lipinski definition) is 2. The van der Waals surface area contributed by atoms with E-state index < -0.39 is 0 Å². The lowest BCUT2D eigenvalue weighted by Gasteiger charge is -2.16. The topological polar surface area (TPSA) is 67.4 Å². The van der Waals surface area contributed by atoms with Crippen molar-refractivity contribution in [2.45, 2.75) is 69.4 Å². The van der Waals surface area contributed by atoms with Gasteiger partial charge in [-0.3, -0.25) is 9.59 Å². The first-order valence-electron chi connectivity index (χ1n) is 11.2. The summed E-state index contributed by atoms with van der Waals surface area (Å²) in [5.74, 6) is 0.797. The molecular weight excluding hydrogens is 408 g/mol. The normalized spacial score (nSPS) is 11.6. The average molecular weight is 443 g/mol. The minimum atomic E-state index is -0.230. The Bertz CT molecular complexity index is 824. The fraction of sp³-hybridized carbons (Fsp3) is 0.440. The molecule has 0 radical (unpaired) electrons. The zero-order valence-corrected chi connectivity index (χ0v) is 19.6. The average Bonchev–Trinajstić information content (AvgIpc) is 2.77. The molecule has 0 spiro atoms. The van der Waals surface area contributed by atoms with Crippen LogP contribution in [0.15, 0.2) is 53.4 Å². The molecule has 2 aromatic rings. The van der Waals surface area contributed by atoms with Crippen molar-refractivity contribution in [2.24, 2.45) is 0 Å². The molecule has 2 aromatic carbocycles. The Balaban J connectivity index is 1.92. The second-order valence-corrected chi connectivity index (χ2v) is 8.69. The van der Waals surface area contributed by atoms with Crippen molar-refractivity contribution in [3.05, 3.63) is 48.5 Å². The van der Waals surface area contributed by atoms with E-state index in [1.807, 2.05) is 55.5 Å². The molecule has 0 saturated carbocycles. The molecule has 0 bridgehead atoms. The third-order valence-electron chi connectivity index (χ3n) is 4.71. The van der Waals surface area contributed by atoms with E-state index in [9.17, 15) is 9.59 Å². The lowest BCUT2D eigenvalue weighted by atomic mass is 10.2. The Morgan fingerprint density at radius 2 is 1.68 bits per heavy atom. The highest BCUT2D eigenvalue weighted by Gasteiger charge is 2.18. The van der Waals surface area contributed by atoms with Gasteiger partial charge in [-0.15, -0.1) is 11.8 Å². The van der Waals surface area contributed by atoms with Crippen molar-refractivity contribution >= 4 is 35.0 Å². The van der Waals surface area contributed by atoms with Crippen molar-refractivity contribution in [1.82, 2.24) is 0 Å². The Labute approximate surface area is 190 Å². The summed E-state index contributed by atoms with van der Waals surface area (Å²) in [7, 11) is 0. The van der Waals surface area contributed by atoms with Crippen LogP contribution < -0.4 is 15.4 Å². The summed E-state index contributed by atoms with van der Waals surface area (Å²) in [5.41, 5.74) is 1.52. The van der Waals surface area contributed by atoms with Gasteiger partial charge in [0.25, 0.3) is 0 Å². The molecule has 2 rings (SSSR count). The molecule has 0 saturated heterocycles. The van der Waals surface area contributed by atoms with Gasteiger partial charge in [0.2, 0.25) is 11.8 Å². The highest BCUT2D eigenvalue weighted by Crippen LogP contribution is 2.29. The first kappa shape index (κ1) is 24.8. The Morgan fingerprint density at radius 1 is 0.935 bits per heavy atom. The second-order valence-electron chi connectivity index (χ2n) is 7.41. The summed E-state index contributed by atoms with van der Waals surface area (Å²) < 4.78 is 5.67. The first-order chi connectivity index (χ1) is 15.0. The SMILES string of the molecule is CCCCOc1ccc(NC(=O)C(CC)Sc2cccc(NC(=O)CCCC)c2)cc1. The lowest BCUT2D eigenvalue weighted by Crippen LogP contribution is -2.24. The Morgan fingerprint density at radius 3 is 2.35 bits per heavy atom. The van der Waals surface area contributed by atoms with Gasteiger partial charge >= 0.3 is 0 Å². The van der Waals surface area contributed by atoms with E-state index >= 15 is 0 Å². The number of nitrogens with one attached hydrogen (secondary N) is 2. The predicted molar refractivity (Wildman–Crippen MR) is 130 cm³/mol. The lowest BCUT2D eigenvalue weighted by molar-refractivity contribution is -0.116. The number of anilines is 2. The van der Waals surface area contributed by atoms with Crippen LogP contribution in [0.1, 0.15) is 59.3 Å². The summed E-state index contributed by atoms with van der Waals surface area (Å²) in [5, 5.41) is 5.70. The largest absolute Gasteiger partial charge is 0.494 e. The highest BCUT2D eigenvalue weighted by molar-refractivity contribution is 8.00. The van der Waals surface area contributed by atoms with Crippen LogP contribution in [-0.2, 0) is 9.59 Å². The van der Waals surface area contributed by atoms with Crippen molar-refractivity contribution in [1.29, 1.82) is 0 Å². The van der Waals surface area contributed by atoms with E-state index in [0.717, 1.165) is 47.7 Å². The van der Waals surface area contributed by atoms with Crippen molar-refractivity contribution in [3.63, 3.8) is 0 Å². The van der Waals surface area contributed by atoms with Crippen LogP contribution >= 0.6 is 11.8 Å². The quantitative estimate of drug-likeness (QED) is 0.274. The van der Waals surface area contributed by atoms with Gasteiger partial charge in [-0.1, -0.05) is 39.7 Å². The molecule has 2 N–H and O–H groups in total. The van der Waals surface area contributed by atoms with E-state index in [-0.39, 0.29) is 17.1 Å². The fourth-order valence-electron chi connectivity index (χ4n) is 2.89. The van der Waals surface area contributed by atoms with E-state index in [1.54, 1.807) is 0 Å². The molecule has 0 heterocycles. The molecule has 1 unspecified atom stereocenters. The van der Waals surface area contributed by atoms with E-state index in [2.05, 4.69) is 24.5 Å². The predicted octanol–water partition coefficient (Wildman–Crippen LogP) is 6.50. The van der Waals surface area contributed by atoms with Gasteiger partial charge in [-0.05, 0) is 61.7 Å². The van der Waals surface area contributed by atoms with Crippen LogP contribution in [0.25, 0.3) is 0 Å². The third kappa shape index (κ3) is 9.05. The molecule has 6 heteroatoms. The summed E-state index contributed by atoms with van der Waals surface area (Å²) in [6, 6.07) is 15.1. The number of amides is 2. The summed E-state index contributed by atoms with van der Waals surface area (Å²) in [6.45, 7) is 6.90. The van der Waals surface area contributed by atoms with Crippen molar-refractivity contribution in [2.75, 3.05) is 17.2 Å². The number of carbonyl (C=O) groups is 2. The summed E-state index contributed by atoms with van der Waals surface area (Å²) in [4.78, 5) is 25.7. The fourth-order valence-corrected chi connectivity index (χ4v) is 3.90. The maximum Gasteiger partial charge on any atom is 0.237 e. The maximum atomic E-state index is 12.8. The molecule has 1 atom stereocenters. The third-order valence-corrected chi connectivity index (χ3v) is 6.06. The first-order valence-corrected chi connectivity index (χ1v) is 12.0. The summed E-state index contributed by atoms with van der Waals surface area (Å²) in [6.07, 6.45) is 5.21. The van der Waals surface area contributed by atoms with E-state index in [1.165, 1.54) is 11.8 Å². The van der Waals surface area contributed by atoms with Gasteiger partial charge in [0.1, 0.15) is 5.75 Å². The van der Waals surface area contributed by atoms with Gasteiger partial charge in [-0.25, -0.2) is 0 Å². The van der Waals surface area contributed by atoms with Gasteiger partial charge < -0.3 is 15.4 Å². The standard InChI is InChI=1S/C25H34N2O3S/c1-4-7-12-24(28)26-20-10-9-11-22(18-20)31-23(6-3)25(29)27-19-13-15-21(16-14-19)30-17-8-5-2/h9-11,13-16,18,23H,4-8,12,17H2,1-3H3,(H,26,28)(H,27,29). The minimum absolute atomic E-state index is 0.0240. The number of hydrogen-bond acceptors (Lipinski definition) is 4. The number of thioether (sulfide) groups is 1. The molecule has 31 heavy (non-hydrogen) atoms. The monoisotopic (exact) mass is 442 g/mol. The minimum Gasteiger partial charge on any atom is -0.494 e. The van der Waals surface area contributed by atoms with Crippen LogP contribution in [0.4, 0.5) is 11.4 Å². The van der Waals surface area contributed by atoms with Gasteiger partial charge in [0.05, 0.1) is 11.9 Å². The zero-order chi connectivity index (χ0) is 22.5. The maximum absolute atomic E-state index is 12.8. The molecular formula is C25H34N2O3S. The van der Waals surface area contributed by atoms with Crippen LogP contribution in [0.2, 0.25) is 0 Å². The number of ether oxygens (including phenoxy) is 1. The number of carbonyl (C=O) groups excluding carboxylic acids is 2. The van der Waals surface area contributed by atoms with Crippen molar-refractivity contribution in [3.8, 4) is 5.75 Å². The number of unbranched alkanes of at least 4 members (excludes halogenated alkanes) is 2. The molecule has 0 aliphatic carbocycles. The molecule has 0 aliphatic rings.